The molecule has 0 spiro atoms. The van der Waals surface area contributed by atoms with Crippen LogP contribution >= 0.6 is 0 Å². The molecule has 3 nitrogen and oxygen atoms in total. The van der Waals surface area contributed by atoms with Gasteiger partial charge in [0.25, 0.3) is 0 Å². The summed E-state index contributed by atoms with van der Waals surface area (Å²) < 4.78 is 37.6. The molecule has 0 amide bonds. The Morgan fingerprint density at radius 3 is 2.00 bits per heavy atom. The van der Waals surface area contributed by atoms with Gasteiger partial charge in [0.2, 0.25) is 0 Å². The number of rotatable bonds is 4. The Balaban J connectivity index is 0. The summed E-state index contributed by atoms with van der Waals surface area (Å²) in [7, 11) is 0. The average molecular weight is 293 g/mol. The SMILES string of the molecule is C=C(N)/C(=C\NC(C)=N[C@@H](C)C(C)C)C(F)(F)F.CC. The normalized spacial score (nSPS) is 14.5. The minimum absolute atomic E-state index is 0.0290. The van der Waals surface area contributed by atoms with Gasteiger partial charge in [0.1, 0.15) is 0 Å². The van der Waals surface area contributed by atoms with Gasteiger partial charge in [-0.1, -0.05) is 34.3 Å². The van der Waals surface area contributed by atoms with Gasteiger partial charge in [0.05, 0.1) is 17.5 Å². The number of aliphatic imine (C=N–C) groups is 1. The van der Waals surface area contributed by atoms with Crippen LogP contribution in [0.5, 0.6) is 0 Å². The fourth-order valence-corrected chi connectivity index (χ4v) is 1.02. The molecule has 0 rings (SSSR count). The van der Waals surface area contributed by atoms with Crippen molar-refractivity contribution < 1.29 is 13.2 Å². The van der Waals surface area contributed by atoms with Crippen molar-refractivity contribution in [1.29, 1.82) is 0 Å². The molecule has 1 atom stereocenters. The summed E-state index contributed by atoms with van der Waals surface area (Å²) in [5.74, 6) is 0.719. The summed E-state index contributed by atoms with van der Waals surface area (Å²) in [4.78, 5) is 4.21. The van der Waals surface area contributed by atoms with E-state index in [1.54, 1.807) is 6.92 Å². The lowest BCUT2D eigenvalue weighted by molar-refractivity contribution is -0.0896. The van der Waals surface area contributed by atoms with Crippen LogP contribution in [0.15, 0.2) is 29.0 Å². The second kappa shape index (κ2) is 9.44. The Labute approximate surface area is 119 Å². The van der Waals surface area contributed by atoms with E-state index in [1.807, 2.05) is 34.6 Å². The van der Waals surface area contributed by atoms with Crippen LogP contribution < -0.4 is 11.1 Å². The molecule has 0 bridgehead atoms. The Kier molecular flexibility index (Phi) is 9.85. The first-order valence-corrected chi connectivity index (χ1v) is 6.58. The number of nitrogens with two attached hydrogens (primary N) is 1. The van der Waals surface area contributed by atoms with Crippen LogP contribution in [-0.2, 0) is 0 Å². The zero-order chi connectivity index (χ0) is 16.5. The van der Waals surface area contributed by atoms with Crippen molar-refractivity contribution in [3.8, 4) is 0 Å². The number of amidine groups is 1. The molecular weight excluding hydrogens is 267 g/mol. The van der Waals surface area contributed by atoms with Crippen LogP contribution in [-0.4, -0.2) is 18.1 Å². The maximum atomic E-state index is 12.5. The maximum Gasteiger partial charge on any atom is 0.419 e. The monoisotopic (exact) mass is 293 g/mol. The fourth-order valence-electron chi connectivity index (χ4n) is 1.02. The average Bonchev–Trinajstić information content (AvgIpc) is 2.29. The number of hydrogen-bond donors (Lipinski definition) is 2. The molecule has 0 fully saturated rings. The Hall–Kier alpha value is -1.46. The molecule has 6 heteroatoms. The first-order chi connectivity index (χ1) is 9.05. The number of allylic oxidation sites excluding steroid dienone is 1. The summed E-state index contributed by atoms with van der Waals surface area (Å²) in [6, 6.07) is 0.0290. The lowest BCUT2D eigenvalue weighted by Crippen LogP contribution is -2.24. The molecule has 0 aromatic heterocycles. The summed E-state index contributed by atoms with van der Waals surface area (Å²) in [5, 5.41) is 2.48. The van der Waals surface area contributed by atoms with Crippen molar-refractivity contribution in [3.05, 3.63) is 24.0 Å². The molecule has 0 saturated heterocycles. The van der Waals surface area contributed by atoms with Crippen molar-refractivity contribution in [3.63, 3.8) is 0 Å². The molecule has 118 valence electrons. The number of nitrogens with zero attached hydrogens (tertiary/aromatic N) is 1. The standard InChI is InChI=1S/C12H20F3N3.C2H6/c1-7(2)9(4)18-10(5)17-6-11(8(3)16)12(13,14)15;1-2/h6-7,9H,3,16H2,1-2,4-5H3,(H,17,18);1-2H3/b11-6+;/t9-;/m0./s1. The van der Waals surface area contributed by atoms with E-state index >= 15 is 0 Å². The van der Waals surface area contributed by atoms with Crippen LogP contribution in [0, 0.1) is 5.92 Å². The van der Waals surface area contributed by atoms with Crippen LogP contribution in [0.2, 0.25) is 0 Å². The Morgan fingerprint density at radius 1 is 1.25 bits per heavy atom. The van der Waals surface area contributed by atoms with Gasteiger partial charge in [-0.25, -0.2) is 0 Å². The molecule has 0 unspecified atom stereocenters. The molecule has 0 radical (unpaired) electrons. The van der Waals surface area contributed by atoms with E-state index in [9.17, 15) is 13.2 Å². The predicted molar refractivity (Wildman–Crippen MR) is 79.4 cm³/mol. The smallest absolute Gasteiger partial charge is 0.399 e. The summed E-state index contributed by atoms with van der Waals surface area (Å²) >= 11 is 0. The first-order valence-electron chi connectivity index (χ1n) is 6.58. The van der Waals surface area contributed by atoms with Crippen LogP contribution in [0.25, 0.3) is 0 Å². The van der Waals surface area contributed by atoms with Crippen molar-refractivity contribution in [1.82, 2.24) is 5.32 Å². The Bertz CT molecular complexity index is 355. The van der Waals surface area contributed by atoms with Gasteiger partial charge >= 0.3 is 6.18 Å². The van der Waals surface area contributed by atoms with Gasteiger partial charge in [0.15, 0.2) is 0 Å². The van der Waals surface area contributed by atoms with Gasteiger partial charge in [-0.2, -0.15) is 13.2 Å². The van der Waals surface area contributed by atoms with E-state index in [1.165, 1.54) is 0 Å². The largest absolute Gasteiger partial charge is 0.419 e. The minimum Gasteiger partial charge on any atom is -0.399 e. The van der Waals surface area contributed by atoms with Crippen LogP contribution in [0.1, 0.15) is 41.5 Å². The highest BCUT2D eigenvalue weighted by Crippen LogP contribution is 2.27. The van der Waals surface area contributed by atoms with Gasteiger partial charge < -0.3 is 11.1 Å². The van der Waals surface area contributed by atoms with Crippen molar-refractivity contribution >= 4 is 5.84 Å². The van der Waals surface area contributed by atoms with Crippen molar-refractivity contribution in [2.75, 3.05) is 0 Å². The molecule has 0 saturated carbocycles. The summed E-state index contributed by atoms with van der Waals surface area (Å²) in [6.45, 7) is 14.6. The zero-order valence-electron chi connectivity index (χ0n) is 13.1. The molecular formula is C14H26F3N3. The molecule has 3 N–H and O–H groups in total. The second-order valence-corrected chi connectivity index (χ2v) is 4.42. The van der Waals surface area contributed by atoms with E-state index in [0.29, 0.717) is 11.8 Å². The van der Waals surface area contributed by atoms with E-state index in [-0.39, 0.29) is 6.04 Å². The van der Waals surface area contributed by atoms with Crippen molar-refractivity contribution in [2.45, 2.75) is 53.8 Å². The van der Waals surface area contributed by atoms with E-state index < -0.39 is 17.4 Å². The first kappa shape index (κ1) is 20.8. The van der Waals surface area contributed by atoms with E-state index in [2.05, 4.69) is 16.9 Å². The minimum atomic E-state index is -4.53. The number of nitrogens with one attached hydrogen (secondary N) is 1. The molecule has 0 heterocycles. The highest BCUT2D eigenvalue weighted by molar-refractivity contribution is 5.80. The molecule has 0 aromatic rings. The topological polar surface area (TPSA) is 50.4 Å². The van der Waals surface area contributed by atoms with E-state index in [0.717, 1.165) is 6.20 Å². The number of halogens is 3. The highest BCUT2D eigenvalue weighted by Gasteiger charge is 2.34. The molecule has 20 heavy (non-hydrogen) atoms. The number of hydrogen-bond acceptors (Lipinski definition) is 2. The third kappa shape index (κ3) is 8.61. The van der Waals surface area contributed by atoms with Crippen LogP contribution in [0.3, 0.4) is 0 Å². The lowest BCUT2D eigenvalue weighted by atomic mass is 10.1. The van der Waals surface area contributed by atoms with E-state index in [4.69, 9.17) is 5.73 Å². The Morgan fingerprint density at radius 2 is 1.70 bits per heavy atom. The molecule has 0 aromatic carbocycles. The van der Waals surface area contributed by atoms with Crippen LogP contribution in [0.4, 0.5) is 13.2 Å². The third-order valence-corrected chi connectivity index (χ3v) is 2.44. The van der Waals surface area contributed by atoms with Crippen molar-refractivity contribution in [2.24, 2.45) is 16.6 Å². The van der Waals surface area contributed by atoms with Gasteiger partial charge in [-0.05, 0) is 19.8 Å². The lowest BCUT2D eigenvalue weighted by Gasteiger charge is -2.14. The van der Waals surface area contributed by atoms with Gasteiger partial charge in [0, 0.05) is 11.9 Å². The zero-order valence-corrected chi connectivity index (χ0v) is 13.1. The number of alkyl halides is 3. The van der Waals surface area contributed by atoms with Gasteiger partial charge in [-0.15, -0.1) is 0 Å². The highest BCUT2D eigenvalue weighted by atomic mass is 19.4. The third-order valence-electron chi connectivity index (χ3n) is 2.44. The molecule has 0 aliphatic rings. The summed E-state index contributed by atoms with van der Waals surface area (Å²) in [6.07, 6.45) is -3.74. The quantitative estimate of drug-likeness (QED) is 0.468. The molecule has 0 aliphatic heterocycles. The van der Waals surface area contributed by atoms with Gasteiger partial charge in [-0.3, -0.25) is 4.99 Å². The predicted octanol–water partition coefficient (Wildman–Crippen LogP) is 3.98. The fraction of sp³-hybridized carbons (Fsp3) is 0.643. The maximum absolute atomic E-state index is 12.5. The molecule has 0 aliphatic carbocycles. The summed E-state index contributed by atoms with van der Waals surface area (Å²) in [5.41, 5.74) is 3.58. The second-order valence-electron chi connectivity index (χ2n) is 4.42.